The number of carboxylic acid groups (broad SMARTS) is 1. The molecule has 3 aromatic rings. The molecule has 0 spiro atoms. The predicted octanol–water partition coefficient (Wildman–Crippen LogP) is 3.69. The highest BCUT2D eigenvalue weighted by atomic mass is 19.1. The third-order valence-corrected chi connectivity index (χ3v) is 5.12. The van der Waals surface area contributed by atoms with Crippen molar-refractivity contribution in [3.63, 3.8) is 0 Å². The lowest BCUT2D eigenvalue weighted by Gasteiger charge is -2.32. The van der Waals surface area contributed by atoms with Gasteiger partial charge in [0.1, 0.15) is 11.6 Å². The molecule has 0 radical (unpaired) electrons. The van der Waals surface area contributed by atoms with Crippen molar-refractivity contribution < 1.29 is 24.1 Å². The van der Waals surface area contributed by atoms with Crippen LogP contribution in [0.25, 0.3) is 22.2 Å². The largest absolute Gasteiger partial charge is 0.508 e. The SMILES string of the molecule is COC1CCCN(c2ccc(-c3cc4cc(O)ccc4n3C(=O)O)c(F)n2)C1. The van der Waals surface area contributed by atoms with Crippen LogP contribution in [0, 0.1) is 5.95 Å². The Morgan fingerprint density at radius 1 is 1.29 bits per heavy atom. The van der Waals surface area contributed by atoms with Gasteiger partial charge < -0.3 is 19.8 Å². The number of methoxy groups -OCH3 is 1. The Morgan fingerprint density at radius 3 is 2.82 bits per heavy atom. The number of hydrogen-bond donors (Lipinski definition) is 2. The van der Waals surface area contributed by atoms with E-state index in [9.17, 15) is 19.4 Å². The quantitative estimate of drug-likeness (QED) is 0.669. The average molecular weight is 385 g/mol. The van der Waals surface area contributed by atoms with Gasteiger partial charge in [-0.2, -0.15) is 4.39 Å². The molecule has 2 aromatic heterocycles. The van der Waals surface area contributed by atoms with Gasteiger partial charge in [-0.05, 0) is 49.2 Å². The van der Waals surface area contributed by atoms with E-state index in [0.717, 1.165) is 24.0 Å². The second-order valence-corrected chi connectivity index (χ2v) is 6.84. The number of phenolic OH excluding ortho intramolecular Hbond substituents is 1. The van der Waals surface area contributed by atoms with Crippen molar-refractivity contribution in [2.24, 2.45) is 0 Å². The molecule has 4 rings (SSSR count). The molecule has 2 N–H and O–H groups in total. The Kier molecular flexibility index (Phi) is 4.64. The van der Waals surface area contributed by atoms with E-state index in [1.807, 2.05) is 4.90 Å². The molecule has 8 heteroatoms. The minimum Gasteiger partial charge on any atom is -0.508 e. The van der Waals surface area contributed by atoms with Gasteiger partial charge in [-0.15, -0.1) is 0 Å². The first-order valence-corrected chi connectivity index (χ1v) is 9.00. The minimum atomic E-state index is -1.24. The summed E-state index contributed by atoms with van der Waals surface area (Å²) in [5.41, 5.74) is 0.614. The van der Waals surface area contributed by atoms with Crippen molar-refractivity contribution in [1.82, 2.24) is 9.55 Å². The lowest BCUT2D eigenvalue weighted by Crippen LogP contribution is -2.39. The third kappa shape index (κ3) is 3.16. The molecule has 1 aliphatic heterocycles. The van der Waals surface area contributed by atoms with Gasteiger partial charge in [0.25, 0.3) is 0 Å². The van der Waals surface area contributed by atoms with Gasteiger partial charge in [0, 0.05) is 25.6 Å². The molecule has 7 nitrogen and oxygen atoms in total. The van der Waals surface area contributed by atoms with Crippen LogP contribution in [-0.2, 0) is 4.74 Å². The lowest BCUT2D eigenvalue weighted by molar-refractivity contribution is 0.0891. The molecule has 0 bridgehead atoms. The molecule has 28 heavy (non-hydrogen) atoms. The summed E-state index contributed by atoms with van der Waals surface area (Å²) in [4.78, 5) is 17.8. The van der Waals surface area contributed by atoms with Crippen LogP contribution in [0.1, 0.15) is 12.8 Å². The first-order valence-electron chi connectivity index (χ1n) is 9.00. The van der Waals surface area contributed by atoms with E-state index in [0.29, 0.717) is 23.3 Å². The number of carbonyl (C=O) groups is 1. The number of aromatic nitrogens is 2. The summed E-state index contributed by atoms with van der Waals surface area (Å²) in [6.45, 7) is 1.40. The van der Waals surface area contributed by atoms with Crippen LogP contribution in [0.4, 0.5) is 15.0 Å². The van der Waals surface area contributed by atoms with Gasteiger partial charge in [0.05, 0.1) is 22.9 Å². The molecule has 1 unspecified atom stereocenters. The highest BCUT2D eigenvalue weighted by Gasteiger charge is 2.23. The van der Waals surface area contributed by atoms with E-state index in [1.165, 1.54) is 24.3 Å². The van der Waals surface area contributed by atoms with Crippen molar-refractivity contribution in [3.05, 3.63) is 42.3 Å². The monoisotopic (exact) mass is 385 g/mol. The van der Waals surface area contributed by atoms with Crippen LogP contribution < -0.4 is 4.90 Å². The fraction of sp³-hybridized carbons (Fsp3) is 0.300. The molecule has 0 amide bonds. The minimum absolute atomic E-state index is 0.00771. The van der Waals surface area contributed by atoms with E-state index in [2.05, 4.69) is 4.98 Å². The van der Waals surface area contributed by atoms with Crippen molar-refractivity contribution in [2.45, 2.75) is 18.9 Å². The van der Waals surface area contributed by atoms with Crippen LogP contribution in [0.2, 0.25) is 0 Å². The summed E-state index contributed by atoms with van der Waals surface area (Å²) in [5, 5.41) is 19.8. The maximum Gasteiger partial charge on any atom is 0.416 e. The molecule has 3 heterocycles. The lowest BCUT2D eigenvalue weighted by atomic mass is 10.1. The van der Waals surface area contributed by atoms with Crippen LogP contribution in [0.5, 0.6) is 5.75 Å². The number of halogens is 1. The summed E-state index contributed by atoms with van der Waals surface area (Å²) < 4.78 is 21.3. The maximum absolute atomic E-state index is 14.9. The van der Waals surface area contributed by atoms with Gasteiger partial charge >= 0.3 is 6.09 Å². The number of fused-ring (bicyclic) bond motifs is 1. The summed E-state index contributed by atoms with van der Waals surface area (Å²) in [6.07, 6.45) is 0.734. The number of aromatic hydroxyl groups is 1. The zero-order chi connectivity index (χ0) is 19.8. The number of phenols is 1. The number of hydrogen-bond acceptors (Lipinski definition) is 5. The van der Waals surface area contributed by atoms with Crippen LogP contribution in [0.3, 0.4) is 0 Å². The zero-order valence-corrected chi connectivity index (χ0v) is 15.3. The van der Waals surface area contributed by atoms with Gasteiger partial charge in [-0.1, -0.05) is 0 Å². The number of nitrogens with zero attached hydrogens (tertiary/aromatic N) is 3. The normalized spacial score (nSPS) is 17.2. The highest BCUT2D eigenvalue weighted by Crippen LogP contribution is 2.32. The van der Waals surface area contributed by atoms with Gasteiger partial charge in [0.15, 0.2) is 0 Å². The average Bonchev–Trinajstić information content (AvgIpc) is 3.06. The summed E-state index contributed by atoms with van der Waals surface area (Å²) in [5.74, 6) is -0.237. The van der Waals surface area contributed by atoms with E-state index < -0.39 is 12.0 Å². The van der Waals surface area contributed by atoms with E-state index >= 15 is 0 Å². The second-order valence-electron chi connectivity index (χ2n) is 6.84. The fourth-order valence-corrected chi connectivity index (χ4v) is 3.74. The standard InChI is InChI=1S/C20H20FN3O4/c1-28-14-3-2-8-23(11-14)18-7-5-15(19(21)22-18)17-10-12-9-13(25)4-6-16(12)24(17)20(26)27/h4-7,9-10,14,25H,2-3,8,11H2,1H3,(H,26,27). The van der Waals surface area contributed by atoms with Crippen molar-refractivity contribution in [2.75, 3.05) is 25.1 Å². The van der Waals surface area contributed by atoms with Crippen molar-refractivity contribution >= 4 is 22.8 Å². The first-order chi connectivity index (χ1) is 13.5. The molecular formula is C20H20FN3O4. The molecule has 146 valence electrons. The number of piperidine rings is 1. The van der Waals surface area contributed by atoms with Gasteiger partial charge in [-0.25, -0.2) is 14.3 Å². The molecule has 1 fully saturated rings. The molecule has 1 aromatic carbocycles. The number of pyridine rings is 1. The molecule has 1 aliphatic rings. The predicted molar refractivity (Wildman–Crippen MR) is 102 cm³/mol. The highest BCUT2D eigenvalue weighted by molar-refractivity contribution is 5.96. The van der Waals surface area contributed by atoms with E-state index in [4.69, 9.17) is 4.74 Å². The Balaban J connectivity index is 1.76. The number of rotatable bonds is 3. The Labute approximate surface area is 160 Å². The number of anilines is 1. The van der Waals surface area contributed by atoms with Gasteiger partial charge in [-0.3, -0.25) is 0 Å². The molecule has 0 saturated carbocycles. The summed E-state index contributed by atoms with van der Waals surface area (Å²) >= 11 is 0. The number of ether oxygens (including phenoxy) is 1. The van der Waals surface area contributed by atoms with E-state index in [1.54, 1.807) is 19.2 Å². The van der Waals surface area contributed by atoms with Crippen molar-refractivity contribution in [3.8, 4) is 17.0 Å². The topological polar surface area (TPSA) is 87.8 Å². The zero-order valence-electron chi connectivity index (χ0n) is 15.3. The third-order valence-electron chi connectivity index (χ3n) is 5.12. The molecule has 1 saturated heterocycles. The number of benzene rings is 1. The molecule has 1 atom stereocenters. The second kappa shape index (κ2) is 7.12. The molecular weight excluding hydrogens is 365 g/mol. The Bertz CT molecular complexity index is 1050. The smallest absolute Gasteiger partial charge is 0.416 e. The van der Waals surface area contributed by atoms with Crippen LogP contribution >= 0.6 is 0 Å². The van der Waals surface area contributed by atoms with E-state index in [-0.39, 0.29) is 23.1 Å². The van der Waals surface area contributed by atoms with Crippen LogP contribution in [0.15, 0.2) is 36.4 Å². The van der Waals surface area contributed by atoms with Crippen LogP contribution in [-0.4, -0.2) is 52.2 Å². The first kappa shape index (κ1) is 18.2. The summed E-state index contributed by atoms with van der Waals surface area (Å²) in [7, 11) is 1.66. The molecule has 0 aliphatic carbocycles. The van der Waals surface area contributed by atoms with Crippen molar-refractivity contribution in [1.29, 1.82) is 0 Å². The Morgan fingerprint density at radius 2 is 2.11 bits per heavy atom. The maximum atomic E-state index is 14.9. The Hall–Kier alpha value is -3.13. The summed E-state index contributed by atoms with van der Waals surface area (Å²) in [6, 6.07) is 9.09. The fourth-order valence-electron chi connectivity index (χ4n) is 3.74. The van der Waals surface area contributed by atoms with Gasteiger partial charge in [0.2, 0.25) is 5.95 Å².